The Balaban J connectivity index is 2.84. The Labute approximate surface area is 79.4 Å². The second-order valence-corrected chi connectivity index (χ2v) is 4.31. The summed E-state index contributed by atoms with van der Waals surface area (Å²) in [7, 11) is 0. The van der Waals surface area contributed by atoms with E-state index in [1.54, 1.807) is 18.2 Å². The van der Waals surface area contributed by atoms with E-state index in [1.165, 1.54) is 0 Å². The third-order valence-electron chi connectivity index (χ3n) is 1.14. The van der Waals surface area contributed by atoms with Crippen molar-refractivity contribution in [1.29, 1.82) is 0 Å². The van der Waals surface area contributed by atoms with E-state index in [9.17, 15) is 0 Å². The molecule has 1 aliphatic carbocycles. The third-order valence-corrected chi connectivity index (χ3v) is 2.81. The van der Waals surface area contributed by atoms with E-state index >= 15 is 0 Å². The van der Waals surface area contributed by atoms with Gasteiger partial charge in [0.15, 0.2) is 4.33 Å². The highest BCUT2D eigenvalue weighted by atomic mass is 35.5. The molecule has 0 radical (unpaired) electrons. The van der Waals surface area contributed by atoms with Gasteiger partial charge in [-0.05, 0) is 18.2 Å². The highest BCUT2D eigenvalue weighted by Gasteiger charge is 2.31. The van der Waals surface area contributed by atoms with Gasteiger partial charge in [0.05, 0.1) is 5.38 Å². The van der Waals surface area contributed by atoms with Crippen LogP contribution in [0, 0.1) is 0 Å². The SMILES string of the molecule is ClC1=CC(Cl)C(Cl)(Cl)C=C1. The van der Waals surface area contributed by atoms with Crippen LogP contribution in [-0.2, 0) is 0 Å². The van der Waals surface area contributed by atoms with E-state index in [-0.39, 0.29) is 0 Å². The molecule has 0 aromatic heterocycles. The molecule has 0 aromatic rings. The van der Waals surface area contributed by atoms with Gasteiger partial charge in [0.2, 0.25) is 0 Å². The number of allylic oxidation sites excluding steroid dienone is 4. The molecule has 1 aliphatic rings. The molecule has 56 valence electrons. The molecule has 1 unspecified atom stereocenters. The molecule has 0 bridgehead atoms. The van der Waals surface area contributed by atoms with Crippen molar-refractivity contribution in [1.82, 2.24) is 0 Å². The van der Waals surface area contributed by atoms with E-state index in [0.29, 0.717) is 5.03 Å². The predicted octanol–water partition coefficient (Wildman–Crippen LogP) is 3.46. The molecular weight excluding hydrogens is 214 g/mol. The number of hydrogen-bond acceptors (Lipinski definition) is 0. The molecule has 0 spiro atoms. The minimum absolute atomic E-state index is 0.451. The fourth-order valence-electron chi connectivity index (χ4n) is 0.589. The van der Waals surface area contributed by atoms with Crippen LogP contribution in [0.25, 0.3) is 0 Å². The number of halogens is 4. The molecule has 4 heteroatoms. The first-order valence-corrected chi connectivity index (χ1v) is 4.18. The third kappa shape index (κ3) is 1.82. The standard InChI is InChI=1S/C6H4Cl4/c7-4-1-2-6(9,10)5(8)3-4/h1-3,5H. The molecule has 1 rings (SSSR count). The Morgan fingerprint density at radius 2 is 2.00 bits per heavy atom. The van der Waals surface area contributed by atoms with Crippen LogP contribution < -0.4 is 0 Å². The summed E-state index contributed by atoms with van der Waals surface area (Å²) in [6.45, 7) is 0. The maximum Gasteiger partial charge on any atom is 0.156 e. The molecule has 0 saturated carbocycles. The van der Waals surface area contributed by atoms with Crippen molar-refractivity contribution >= 4 is 46.4 Å². The fourth-order valence-corrected chi connectivity index (χ4v) is 1.30. The molecule has 0 nitrogen and oxygen atoms in total. The lowest BCUT2D eigenvalue weighted by Crippen LogP contribution is -2.24. The van der Waals surface area contributed by atoms with Gasteiger partial charge in [-0.25, -0.2) is 0 Å². The molecule has 0 amide bonds. The molecular formula is C6H4Cl4. The maximum absolute atomic E-state index is 5.73. The van der Waals surface area contributed by atoms with Gasteiger partial charge in [-0.1, -0.05) is 34.8 Å². The van der Waals surface area contributed by atoms with Gasteiger partial charge in [0.1, 0.15) is 0 Å². The van der Waals surface area contributed by atoms with Crippen LogP contribution >= 0.6 is 46.4 Å². The van der Waals surface area contributed by atoms with Crippen molar-refractivity contribution in [2.24, 2.45) is 0 Å². The minimum atomic E-state index is -1.01. The predicted molar refractivity (Wildman–Crippen MR) is 47.2 cm³/mol. The zero-order valence-corrected chi connectivity index (χ0v) is 7.84. The number of alkyl halides is 3. The van der Waals surface area contributed by atoms with Gasteiger partial charge >= 0.3 is 0 Å². The molecule has 0 N–H and O–H groups in total. The topological polar surface area (TPSA) is 0 Å². The van der Waals surface area contributed by atoms with E-state index in [4.69, 9.17) is 46.4 Å². The zero-order chi connectivity index (χ0) is 7.78. The number of rotatable bonds is 0. The zero-order valence-electron chi connectivity index (χ0n) is 4.82. The summed E-state index contributed by atoms with van der Waals surface area (Å²) in [6, 6.07) is 0. The minimum Gasteiger partial charge on any atom is -0.115 e. The molecule has 10 heavy (non-hydrogen) atoms. The summed E-state index contributed by atoms with van der Waals surface area (Å²) in [5, 5.41) is 0.116. The van der Waals surface area contributed by atoms with E-state index in [0.717, 1.165) is 0 Å². The van der Waals surface area contributed by atoms with Gasteiger partial charge in [0.25, 0.3) is 0 Å². The quantitative estimate of drug-likeness (QED) is 0.546. The summed E-state index contributed by atoms with van der Waals surface area (Å²) in [5.74, 6) is 0. The molecule has 0 fully saturated rings. The van der Waals surface area contributed by atoms with Crippen molar-refractivity contribution < 1.29 is 0 Å². The maximum atomic E-state index is 5.73. The fraction of sp³-hybridized carbons (Fsp3) is 0.333. The van der Waals surface area contributed by atoms with Crippen LogP contribution in [0.5, 0.6) is 0 Å². The van der Waals surface area contributed by atoms with Crippen molar-refractivity contribution in [2.75, 3.05) is 0 Å². The highest BCUT2D eigenvalue weighted by molar-refractivity contribution is 6.54. The summed E-state index contributed by atoms with van der Waals surface area (Å²) in [5.41, 5.74) is 0. The second kappa shape index (κ2) is 2.94. The lowest BCUT2D eigenvalue weighted by atomic mass is 10.2. The molecule has 0 aliphatic heterocycles. The largest absolute Gasteiger partial charge is 0.156 e. The normalized spacial score (nSPS) is 30.0. The molecule has 0 heterocycles. The van der Waals surface area contributed by atoms with Crippen LogP contribution in [0.3, 0.4) is 0 Å². The first-order chi connectivity index (χ1) is 4.52. The Hall–Kier alpha value is 0.640. The average molecular weight is 218 g/mol. The van der Waals surface area contributed by atoms with Crippen LogP contribution in [0.15, 0.2) is 23.3 Å². The summed E-state index contributed by atoms with van der Waals surface area (Å²) >= 11 is 22.8. The summed E-state index contributed by atoms with van der Waals surface area (Å²) in [6.07, 6.45) is 4.79. The summed E-state index contributed by atoms with van der Waals surface area (Å²) in [4.78, 5) is 0. The van der Waals surface area contributed by atoms with Crippen LogP contribution in [0.2, 0.25) is 0 Å². The first-order valence-electron chi connectivity index (χ1n) is 2.61. The lowest BCUT2D eigenvalue weighted by Gasteiger charge is -2.21. The van der Waals surface area contributed by atoms with Gasteiger partial charge in [0, 0.05) is 5.03 Å². The van der Waals surface area contributed by atoms with E-state index < -0.39 is 9.71 Å². The van der Waals surface area contributed by atoms with Gasteiger partial charge in [-0.15, -0.1) is 11.6 Å². The van der Waals surface area contributed by atoms with Gasteiger partial charge < -0.3 is 0 Å². The lowest BCUT2D eigenvalue weighted by molar-refractivity contribution is 0.966. The van der Waals surface area contributed by atoms with Crippen LogP contribution in [-0.4, -0.2) is 9.71 Å². The summed E-state index contributed by atoms with van der Waals surface area (Å²) < 4.78 is -1.01. The molecule has 1 atom stereocenters. The average Bonchev–Trinajstić information content (AvgIpc) is 1.81. The highest BCUT2D eigenvalue weighted by Crippen LogP contribution is 2.36. The van der Waals surface area contributed by atoms with Gasteiger partial charge in [-0.2, -0.15) is 0 Å². The van der Waals surface area contributed by atoms with Crippen molar-refractivity contribution in [3.63, 3.8) is 0 Å². The van der Waals surface area contributed by atoms with Gasteiger partial charge in [-0.3, -0.25) is 0 Å². The Kier molecular flexibility index (Phi) is 2.57. The second-order valence-electron chi connectivity index (χ2n) is 1.96. The monoisotopic (exact) mass is 216 g/mol. The van der Waals surface area contributed by atoms with E-state index in [2.05, 4.69) is 0 Å². The smallest absolute Gasteiger partial charge is 0.115 e. The van der Waals surface area contributed by atoms with Crippen molar-refractivity contribution in [2.45, 2.75) is 9.71 Å². The Bertz CT molecular complexity index is 192. The Morgan fingerprint density at radius 1 is 1.40 bits per heavy atom. The van der Waals surface area contributed by atoms with Crippen LogP contribution in [0.4, 0.5) is 0 Å². The van der Waals surface area contributed by atoms with Crippen molar-refractivity contribution in [3.05, 3.63) is 23.3 Å². The van der Waals surface area contributed by atoms with E-state index in [1.807, 2.05) is 0 Å². The number of hydrogen-bond donors (Lipinski definition) is 0. The van der Waals surface area contributed by atoms with Crippen LogP contribution in [0.1, 0.15) is 0 Å². The molecule has 0 saturated heterocycles. The first kappa shape index (κ1) is 8.73. The van der Waals surface area contributed by atoms with Crippen molar-refractivity contribution in [3.8, 4) is 0 Å². The Morgan fingerprint density at radius 3 is 2.40 bits per heavy atom. The molecule has 0 aromatic carbocycles.